The van der Waals surface area contributed by atoms with Crippen molar-refractivity contribution >= 4 is 10.0 Å². The largest absolute Gasteiger partial charge is 0.391 e. The van der Waals surface area contributed by atoms with E-state index >= 15 is 0 Å². The van der Waals surface area contributed by atoms with E-state index in [1.54, 1.807) is 19.1 Å². The Morgan fingerprint density at radius 3 is 2.58 bits per heavy atom. The zero-order chi connectivity index (χ0) is 14.0. The molecule has 2 N–H and O–H groups in total. The Kier molecular flexibility index (Phi) is 4.28. The highest BCUT2D eigenvalue weighted by Gasteiger charge is 2.28. The second-order valence-corrected chi connectivity index (χ2v) is 7.03. The Bertz CT molecular complexity index is 554. The van der Waals surface area contributed by atoms with Crippen LogP contribution in [0.1, 0.15) is 36.8 Å². The summed E-state index contributed by atoms with van der Waals surface area (Å²) in [7, 11) is -3.56. The van der Waals surface area contributed by atoms with Gasteiger partial charge in [0.2, 0.25) is 10.0 Å². The van der Waals surface area contributed by atoms with Crippen molar-refractivity contribution in [2.75, 3.05) is 0 Å². The molecule has 19 heavy (non-hydrogen) atoms. The SMILES string of the molecule is Cc1ccc(C)c(S(=O)(=O)NC2CCCCC2O)c1. The maximum absolute atomic E-state index is 12.4. The van der Waals surface area contributed by atoms with E-state index in [4.69, 9.17) is 0 Å². The Hall–Kier alpha value is -0.910. The van der Waals surface area contributed by atoms with Crippen molar-refractivity contribution in [3.8, 4) is 0 Å². The van der Waals surface area contributed by atoms with Crippen LogP contribution in [0.3, 0.4) is 0 Å². The number of sulfonamides is 1. The molecule has 0 aliphatic heterocycles. The van der Waals surface area contributed by atoms with E-state index in [-0.39, 0.29) is 6.04 Å². The zero-order valence-electron chi connectivity index (χ0n) is 11.4. The van der Waals surface area contributed by atoms with E-state index in [2.05, 4.69) is 4.72 Å². The molecule has 1 aliphatic rings. The highest BCUT2D eigenvalue weighted by molar-refractivity contribution is 7.89. The Balaban J connectivity index is 2.24. The van der Waals surface area contributed by atoms with E-state index in [1.165, 1.54) is 0 Å². The summed E-state index contributed by atoms with van der Waals surface area (Å²) in [6.45, 7) is 3.65. The number of hydrogen-bond acceptors (Lipinski definition) is 3. The van der Waals surface area contributed by atoms with E-state index in [0.717, 1.165) is 24.0 Å². The van der Waals surface area contributed by atoms with Crippen LogP contribution in [0.4, 0.5) is 0 Å². The summed E-state index contributed by atoms with van der Waals surface area (Å²) in [5, 5.41) is 9.88. The van der Waals surface area contributed by atoms with Gasteiger partial charge in [0.05, 0.1) is 11.0 Å². The third-order valence-corrected chi connectivity index (χ3v) is 5.30. The predicted octanol–water partition coefficient (Wildman–Crippen LogP) is 1.89. The molecule has 0 saturated heterocycles. The van der Waals surface area contributed by atoms with Crippen LogP contribution in [0.15, 0.2) is 23.1 Å². The number of rotatable bonds is 3. The Morgan fingerprint density at radius 1 is 1.21 bits per heavy atom. The normalized spacial score (nSPS) is 24.4. The Labute approximate surface area is 114 Å². The molecule has 1 aromatic carbocycles. The first-order valence-corrected chi connectivity index (χ1v) is 8.16. The average molecular weight is 283 g/mol. The molecule has 106 valence electrons. The van der Waals surface area contributed by atoms with Crippen LogP contribution in [-0.4, -0.2) is 25.7 Å². The molecule has 0 amide bonds. The van der Waals surface area contributed by atoms with Crippen LogP contribution >= 0.6 is 0 Å². The number of benzene rings is 1. The molecule has 5 heteroatoms. The molecule has 2 atom stereocenters. The van der Waals surface area contributed by atoms with Gasteiger partial charge in [-0.1, -0.05) is 25.0 Å². The van der Waals surface area contributed by atoms with E-state index in [9.17, 15) is 13.5 Å². The lowest BCUT2D eigenvalue weighted by Gasteiger charge is -2.28. The molecule has 0 bridgehead atoms. The average Bonchev–Trinajstić information content (AvgIpc) is 2.35. The van der Waals surface area contributed by atoms with Crippen LogP contribution < -0.4 is 4.72 Å². The van der Waals surface area contributed by atoms with Gasteiger partial charge in [-0.2, -0.15) is 0 Å². The summed E-state index contributed by atoms with van der Waals surface area (Å²) < 4.78 is 27.4. The molecule has 1 saturated carbocycles. The van der Waals surface area contributed by atoms with Crippen LogP contribution in [-0.2, 0) is 10.0 Å². The zero-order valence-corrected chi connectivity index (χ0v) is 12.2. The van der Waals surface area contributed by atoms with Crippen molar-refractivity contribution in [2.45, 2.75) is 56.6 Å². The fraction of sp³-hybridized carbons (Fsp3) is 0.571. The summed E-state index contributed by atoms with van der Waals surface area (Å²) in [6, 6.07) is 5.01. The molecule has 2 rings (SSSR count). The first-order chi connectivity index (χ1) is 8.90. The van der Waals surface area contributed by atoms with Crippen molar-refractivity contribution in [2.24, 2.45) is 0 Å². The maximum atomic E-state index is 12.4. The predicted molar refractivity (Wildman–Crippen MR) is 74.5 cm³/mol. The molecule has 4 nitrogen and oxygen atoms in total. The molecule has 1 aromatic rings. The van der Waals surface area contributed by atoms with E-state index < -0.39 is 16.1 Å². The lowest BCUT2D eigenvalue weighted by atomic mass is 9.93. The van der Waals surface area contributed by atoms with Gasteiger partial charge in [-0.3, -0.25) is 0 Å². The van der Waals surface area contributed by atoms with Gasteiger partial charge in [-0.05, 0) is 43.9 Å². The third-order valence-electron chi connectivity index (χ3n) is 3.67. The number of hydrogen-bond donors (Lipinski definition) is 2. The minimum atomic E-state index is -3.56. The second kappa shape index (κ2) is 5.61. The third kappa shape index (κ3) is 3.35. The maximum Gasteiger partial charge on any atom is 0.241 e. The van der Waals surface area contributed by atoms with Crippen molar-refractivity contribution < 1.29 is 13.5 Å². The topological polar surface area (TPSA) is 66.4 Å². The van der Waals surface area contributed by atoms with Gasteiger partial charge in [0.1, 0.15) is 0 Å². The lowest BCUT2D eigenvalue weighted by molar-refractivity contribution is 0.101. The molecule has 0 aromatic heterocycles. The number of aliphatic hydroxyl groups excluding tert-OH is 1. The molecule has 0 radical (unpaired) electrons. The van der Waals surface area contributed by atoms with Crippen molar-refractivity contribution in [1.82, 2.24) is 4.72 Å². The molecular weight excluding hydrogens is 262 g/mol. The van der Waals surface area contributed by atoms with Crippen LogP contribution in [0.25, 0.3) is 0 Å². The second-order valence-electron chi connectivity index (χ2n) is 5.35. The summed E-state index contributed by atoms with van der Waals surface area (Å²) in [6.07, 6.45) is 2.71. The Morgan fingerprint density at radius 2 is 1.89 bits per heavy atom. The van der Waals surface area contributed by atoms with Crippen molar-refractivity contribution in [1.29, 1.82) is 0 Å². The fourth-order valence-electron chi connectivity index (χ4n) is 2.51. The van der Waals surface area contributed by atoms with Crippen molar-refractivity contribution in [3.05, 3.63) is 29.3 Å². The first kappa shape index (κ1) is 14.5. The number of aryl methyl sites for hydroxylation is 2. The molecule has 1 aliphatic carbocycles. The summed E-state index contributed by atoms with van der Waals surface area (Å²) in [5.74, 6) is 0. The van der Waals surface area contributed by atoms with Crippen LogP contribution in [0.2, 0.25) is 0 Å². The lowest BCUT2D eigenvalue weighted by Crippen LogP contribution is -2.45. The van der Waals surface area contributed by atoms with Crippen molar-refractivity contribution in [3.63, 3.8) is 0 Å². The monoisotopic (exact) mass is 283 g/mol. The van der Waals surface area contributed by atoms with Gasteiger partial charge in [0.25, 0.3) is 0 Å². The van der Waals surface area contributed by atoms with E-state index in [0.29, 0.717) is 17.7 Å². The highest BCUT2D eigenvalue weighted by atomic mass is 32.2. The first-order valence-electron chi connectivity index (χ1n) is 6.68. The molecule has 1 fully saturated rings. The molecule has 2 unspecified atom stereocenters. The standard InChI is InChI=1S/C14H21NO3S/c1-10-7-8-11(2)14(9-10)19(17,18)15-12-5-3-4-6-13(12)16/h7-9,12-13,15-16H,3-6H2,1-2H3. The number of nitrogens with one attached hydrogen (secondary N) is 1. The van der Waals surface area contributed by atoms with Gasteiger partial charge in [0, 0.05) is 6.04 Å². The minimum Gasteiger partial charge on any atom is -0.391 e. The van der Waals surface area contributed by atoms with Gasteiger partial charge < -0.3 is 5.11 Å². The molecule has 0 spiro atoms. The fourth-order valence-corrected chi connectivity index (χ4v) is 4.14. The highest BCUT2D eigenvalue weighted by Crippen LogP contribution is 2.22. The van der Waals surface area contributed by atoms with Gasteiger partial charge in [-0.15, -0.1) is 0 Å². The summed E-state index contributed by atoms with van der Waals surface area (Å²) >= 11 is 0. The number of aliphatic hydroxyl groups is 1. The molecular formula is C14H21NO3S. The van der Waals surface area contributed by atoms with Gasteiger partial charge in [-0.25, -0.2) is 13.1 Å². The minimum absolute atomic E-state index is 0.310. The van der Waals surface area contributed by atoms with Crippen LogP contribution in [0, 0.1) is 13.8 Å². The van der Waals surface area contributed by atoms with Crippen LogP contribution in [0.5, 0.6) is 0 Å². The molecule has 0 heterocycles. The van der Waals surface area contributed by atoms with Gasteiger partial charge >= 0.3 is 0 Å². The summed E-state index contributed by atoms with van der Waals surface area (Å²) in [4.78, 5) is 0.310. The van der Waals surface area contributed by atoms with Gasteiger partial charge in [0.15, 0.2) is 0 Å². The quantitative estimate of drug-likeness (QED) is 0.890. The van der Waals surface area contributed by atoms with E-state index in [1.807, 2.05) is 13.0 Å². The smallest absolute Gasteiger partial charge is 0.241 e. The summed E-state index contributed by atoms with van der Waals surface area (Å²) in [5.41, 5.74) is 1.64.